The third kappa shape index (κ3) is 6.38. The van der Waals surface area contributed by atoms with Gasteiger partial charge >= 0.3 is 0 Å². The van der Waals surface area contributed by atoms with Gasteiger partial charge < -0.3 is 30.4 Å². The van der Waals surface area contributed by atoms with Crippen molar-refractivity contribution >= 4 is 51.2 Å². The van der Waals surface area contributed by atoms with Crippen LogP contribution in [0.2, 0.25) is 0 Å². The minimum absolute atomic E-state index is 0.0144. The van der Waals surface area contributed by atoms with Gasteiger partial charge in [0.25, 0.3) is 5.91 Å². The van der Waals surface area contributed by atoms with Gasteiger partial charge in [-0.15, -0.1) is 0 Å². The summed E-state index contributed by atoms with van der Waals surface area (Å²) in [6, 6.07) is 13.1. The quantitative estimate of drug-likeness (QED) is 0.206. The first-order chi connectivity index (χ1) is 22.8. The van der Waals surface area contributed by atoms with Gasteiger partial charge in [-0.2, -0.15) is 5.10 Å². The number of nitrogens with one attached hydrogen (secondary N) is 2. The maximum atomic E-state index is 13.5. The molecule has 5 aromatic rings. The molecule has 0 radical (unpaired) electrons. The van der Waals surface area contributed by atoms with Crippen LogP contribution in [-0.4, -0.2) is 51.4 Å². The number of ether oxygens (including phenoxy) is 2. The molecule has 1 atom stereocenters. The van der Waals surface area contributed by atoms with E-state index in [1.807, 2.05) is 65.7 Å². The van der Waals surface area contributed by atoms with Crippen LogP contribution >= 0.6 is 0 Å². The summed E-state index contributed by atoms with van der Waals surface area (Å²) in [6.07, 6.45) is 11.1. The predicted octanol–water partition coefficient (Wildman–Crippen LogP) is 6.31. The molecule has 11 nitrogen and oxygen atoms in total. The molecule has 0 fully saturated rings. The molecule has 0 saturated heterocycles. The summed E-state index contributed by atoms with van der Waals surface area (Å²) in [4.78, 5) is 30.5. The lowest BCUT2D eigenvalue weighted by atomic mass is 10.0. The first-order valence-electron chi connectivity index (χ1n) is 16.0. The number of pyridine rings is 1. The molecule has 3 aromatic heterocycles. The van der Waals surface area contributed by atoms with Crippen LogP contribution in [0.1, 0.15) is 61.5 Å². The zero-order valence-corrected chi connectivity index (χ0v) is 27.3. The molecule has 2 aromatic carbocycles. The van der Waals surface area contributed by atoms with E-state index in [2.05, 4.69) is 27.8 Å². The second kappa shape index (κ2) is 13.6. The Morgan fingerprint density at radius 1 is 1.09 bits per heavy atom. The summed E-state index contributed by atoms with van der Waals surface area (Å²) in [7, 11) is 5.03. The number of rotatable bonds is 5. The van der Waals surface area contributed by atoms with Gasteiger partial charge in [0.2, 0.25) is 5.91 Å². The highest BCUT2D eigenvalue weighted by molar-refractivity contribution is 6.08. The number of methoxy groups -OCH3 is 2. The van der Waals surface area contributed by atoms with Crippen molar-refractivity contribution in [2.45, 2.75) is 58.0 Å². The number of amides is 2. The minimum atomic E-state index is -0.280. The number of benzene rings is 2. The molecule has 2 amide bonds. The van der Waals surface area contributed by atoms with Gasteiger partial charge in [-0.3, -0.25) is 14.3 Å². The summed E-state index contributed by atoms with van der Waals surface area (Å²) >= 11 is 0. The van der Waals surface area contributed by atoms with Crippen molar-refractivity contribution in [2.75, 3.05) is 25.3 Å². The van der Waals surface area contributed by atoms with Gasteiger partial charge in [-0.25, -0.2) is 4.98 Å². The Balaban J connectivity index is 1.37. The zero-order valence-electron chi connectivity index (χ0n) is 27.3. The highest BCUT2D eigenvalue weighted by Crippen LogP contribution is 2.38. The fraction of sp³-hybridized carbons (Fsp3) is 0.333. The standard InChI is InChI=1S/C36H41N7O4/c1-22-17-18-43-34-24(11-8-6-5-7-9-14-31(44)39-22)21-38-35(37)32(34)33(41-43)23-15-16-26(30(19-23)47-4)40-36(45)28-20-25-27(42(28)2)12-10-13-29(25)46-3/h8,10-13,15-16,19-22H,5-7,9,14,17-18H2,1-4H3,(H2,37,38)(H,39,44)(H,40,45)/b11-8+/t22-/m1/s1. The van der Waals surface area contributed by atoms with Crippen LogP contribution in [0.25, 0.3) is 39.1 Å². The zero-order chi connectivity index (χ0) is 33.1. The molecule has 1 aliphatic heterocycles. The molecule has 0 aliphatic carbocycles. The van der Waals surface area contributed by atoms with Gasteiger partial charge in [0.15, 0.2) is 0 Å². The Labute approximate surface area is 273 Å². The van der Waals surface area contributed by atoms with Crippen molar-refractivity contribution in [3.8, 4) is 22.8 Å². The average molecular weight is 636 g/mol. The summed E-state index contributed by atoms with van der Waals surface area (Å²) in [5.74, 6) is 1.36. The van der Waals surface area contributed by atoms with E-state index >= 15 is 0 Å². The van der Waals surface area contributed by atoms with Crippen LogP contribution in [-0.2, 0) is 18.4 Å². The Hall–Kier alpha value is -5.32. The van der Waals surface area contributed by atoms with Crippen LogP contribution < -0.4 is 25.8 Å². The van der Waals surface area contributed by atoms with Crippen LogP contribution in [0.4, 0.5) is 11.5 Å². The van der Waals surface area contributed by atoms with E-state index in [0.29, 0.717) is 53.8 Å². The van der Waals surface area contributed by atoms with Gasteiger partial charge in [0.05, 0.1) is 36.3 Å². The summed E-state index contributed by atoms with van der Waals surface area (Å²) in [5.41, 5.74) is 11.7. The molecule has 0 bridgehead atoms. The highest BCUT2D eigenvalue weighted by atomic mass is 16.5. The molecule has 47 heavy (non-hydrogen) atoms. The summed E-state index contributed by atoms with van der Waals surface area (Å²) in [6.45, 7) is 2.59. The number of nitrogens with two attached hydrogens (primary N) is 1. The monoisotopic (exact) mass is 635 g/mol. The predicted molar refractivity (Wildman–Crippen MR) is 186 cm³/mol. The van der Waals surface area contributed by atoms with Crippen LogP contribution in [0.5, 0.6) is 11.5 Å². The molecular formula is C36H41N7O4. The Bertz CT molecular complexity index is 1990. The summed E-state index contributed by atoms with van der Waals surface area (Å²) < 4.78 is 15.1. The second-order valence-corrected chi connectivity index (χ2v) is 12.0. The fourth-order valence-corrected chi connectivity index (χ4v) is 6.28. The van der Waals surface area contributed by atoms with Crippen molar-refractivity contribution in [2.24, 2.45) is 7.05 Å². The van der Waals surface area contributed by atoms with E-state index in [4.69, 9.17) is 20.3 Å². The number of fused-ring (bicyclic) bond motifs is 1. The Kier molecular flexibility index (Phi) is 9.15. The molecular weight excluding hydrogens is 594 g/mol. The smallest absolute Gasteiger partial charge is 0.272 e. The summed E-state index contributed by atoms with van der Waals surface area (Å²) in [5, 5.41) is 12.8. The van der Waals surface area contributed by atoms with E-state index in [-0.39, 0.29) is 17.9 Å². The van der Waals surface area contributed by atoms with E-state index in [9.17, 15) is 9.59 Å². The van der Waals surface area contributed by atoms with Crippen LogP contribution in [0, 0.1) is 0 Å². The largest absolute Gasteiger partial charge is 0.496 e. The van der Waals surface area contributed by atoms with Crippen molar-refractivity contribution in [3.05, 3.63) is 66.0 Å². The first kappa shape index (κ1) is 31.7. The molecule has 244 valence electrons. The average Bonchev–Trinajstić information content (AvgIpc) is 3.63. The Morgan fingerprint density at radius 3 is 2.72 bits per heavy atom. The number of carbonyl (C=O) groups excluding carboxylic acids is 2. The normalized spacial score (nSPS) is 16.7. The number of nitrogens with zero attached hydrogens (tertiary/aromatic N) is 4. The number of nitrogen functional groups attached to an aromatic ring is 1. The number of aryl methyl sites for hydroxylation is 2. The lowest BCUT2D eigenvalue weighted by Crippen LogP contribution is -2.33. The maximum Gasteiger partial charge on any atom is 0.272 e. The molecule has 0 spiro atoms. The van der Waals surface area contributed by atoms with Crippen molar-refractivity contribution in [1.29, 1.82) is 0 Å². The third-order valence-corrected chi connectivity index (χ3v) is 8.80. The second-order valence-electron chi connectivity index (χ2n) is 12.0. The van der Waals surface area contributed by atoms with E-state index in [1.165, 1.54) is 0 Å². The number of anilines is 2. The van der Waals surface area contributed by atoms with Crippen LogP contribution in [0.3, 0.4) is 0 Å². The molecule has 0 unspecified atom stereocenters. The van der Waals surface area contributed by atoms with E-state index < -0.39 is 0 Å². The van der Waals surface area contributed by atoms with E-state index in [0.717, 1.165) is 58.6 Å². The van der Waals surface area contributed by atoms with Gasteiger partial charge in [0.1, 0.15) is 28.7 Å². The fourth-order valence-electron chi connectivity index (χ4n) is 6.28. The Morgan fingerprint density at radius 2 is 1.91 bits per heavy atom. The lowest BCUT2D eigenvalue weighted by molar-refractivity contribution is -0.121. The van der Waals surface area contributed by atoms with Gasteiger partial charge in [0, 0.05) is 48.8 Å². The molecule has 4 N–H and O–H groups in total. The topological polar surface area (TPSA) is 138 Å². The molecule has 4 heterocycles. The van der Waals surface area contributed by atoms with Crippen LogP contribution in [0.15, 0.2) is 54.7 Å². The first-order valence-corrected chi connectivity index (χ1v) is 16.0. The van der Waals surface area contributed by atoms with Gasteiger partial charge in [-0.05, 0) is 62.9 Å². The molecule has 0 saturated carbocycles. The number of carbonyl (C=O) groups is 2. The molecule has 6 rings (SSSR count). The number of hydrogen-bond donors (Lipinski definition) is 3. The van der Waals surface area contributed by atoms with Crippen molar-refractivity contribution in [1.82, 2.24) is 24.6 Å². The maximum absolute atomic E-state index is 13.5. The molecule has 11 heteroatoms. The van der Waals surface area contributed by atoms with Crippen molar-refractivity contribution < 1.29 is 19.1 Å². The SMILES string of the molecule is COc1cc(-c2nn3c4c(cnc(N)c24)/C=C/CCCCCC(=O)N[C@H](C)CC3)ccc1NC(=O)c1cc2c(OC)cccc2n1C. The number of allylic oxidation sites excluding steroid dienone is 1. The molecule has 1 aliphatic rings. The number of hydrogen-bond acceptors (Lipinski definition) is 7. The lowest BCUT2D eigenvalue weighted by Gasteiger charge is -2.14. The van der Waals surface area contributed by atoms with Crippen molar-refractivity contribution in [3.63, 3.8) is 0 Å². The highest BCUT2D eigenvalue weighted by Gasteiger charge is 2.22. The number of aromatic nitrogens is 4. The van der Waals surface area contributed by atoms with E-state index in [1.54, 1.807) is 20.4 Å². The third-order valence-electron chi connectivity index (χ3n) is 8.80. The van der Waals surface area contributed by atoms with Gasteiger partial charge in [-0.1, -0.05) is 30.7 Å². The minimum Gasteiger partial charge on any atom is -0.496 e.